The normalized spacial score (nSPS) is 22.0. The summed E-state index contributed by atoms with van der Waals surface area (Å²) in [6, 6.07) is 10.8. The topological polar surface area (TPSA) is 58.5 Å². The van der Waals surface area contributed by atoms with Crippen LogP contribution in [0, 0.1) is 5.92 Å². The number of methoxy groups -OCH3 is 1. The molecule has 23 heavy (non-hydrogen) atoms. The van der Waals surface area contributed by atoms with E-state index in [1.807, 2.05) is 6.07 Å². The lowest BCUT2D eigenvalue weighted by atomic mass is 9.88. The van der Waals surface area contributed by atoms with Gasteiger partial charge in [-0.1, -0.05) is 30.3 Å². The van der Waals surface area contributed by atoms with Crippen molar-refractivity contribution in [2.45, 2.75) is 25.5 Å². The van der Waals surface area contributed by atoms with Crippen molar-refractivity contribution in [3.8, 4) is 6.01 Å². The summed E-state index contributed by atoms with van der Waals surface area (Å²) in [7, 11) is 1.56. The minimum absolute atomic E-state index is 0.289. The van der Waals surface area contributed by atoms with Gasteiger partial charge in [0.1, 0.15) is 0 Å². The van der Waals surface area contributed by atoms with Gasteiger partial charge in [-0.05, 0) is 30.9 Å². The van der Waals surface area contributed by atoms with Gasteiger partial charge in [-0.15, -0.1) is 0 Å². The number of nitrogens with zero attached hydrogens (tertiary/aromatic N) is 3. The van der Waals surface area contributed by atoms with E-state index in [2.05, 4.69) is 39.1 Å². The number of β-amino-alcohol motifs (C(OH)–C–C–N with tert-alkyl or cyclic N) is 1. The number of piperidine rings is 1. The molecule has 2 aromatic rings. The lowest BCUT2D eigenvalue weighted by Crippen LogP contribution is -2.44. The maximum Gasteiger partial charge on any atom is 0.316 e. The molecule has 3 rings (SSSR count). The van der Waals surface area contributed by atoms with E-state index in [0.717, 1.165) is 31.5 Å². The van der Waals surface area contributed by atoms with Crippen LogP contribution in [0.25, 0.3) is 0 Å². The van der Waals surface area contributed by atoms with Gasteiger partial charge in [0.05, 0.1) is 13.2 Å². The highest BCUT2D eigenvalue weighted by Gasteiger charge is 2.27. The number of aliphatic hydroxyl groups is 1. The van der Waals surface area contributed by atoms with E-state index >= 15 is 0 Å². The Balaban J connectivity index is 1.53. The number of hydrogen-bond donors (Lipinski definition) is 1. The summed E-state index contributed by atoms with van der Waals surface area (Å²) in [5.41, 5.74) is 2.34. The van der Waals surface area contributed by atoms with Crippen LogP contribution in [-0.2, 0) is 13.0 Å². The van der Waals surface area contributed by atoms with Gasteiger partial charge in [-0.2, -0.15) is 0 Å². The Morgan fingerprint density at radius 3 is 2.57 bits per heavy atom. The van der Waals surface area contributed by atoms with E-state index < -0.39 is 0 Å². The third-order valence-electron chi connectivity index (χ3n) is 4.42. The van der Waals surface area contributed by atoms with E-state index in [1.54, 1.807) is 19.5 Å². The Labute approximate surface area is 137 Å². The predicted octanol–water partition coefficient (Wildman–Crippen LogP) is 1.91. The molecule has 0 unspecified atom stereocenters. The Bertz CT molecular complexity index is 603. The molecule has 122 valence electrons. The van der Waals surface area contributed by atoms with Crippen molar-refractivity contribution in [3.05, 3.63) is 53.9 Å². The van der Waals surface area contributed by atoms with E-state index in [-0.39, 0.29) is 6.10 Å². The Hall–Kier alpha value is -1.98. The van der Waals surface area contributed by atoms with Gasteiger partial charge in [0, 0.05) is 31.0 Å². The Morgan fingerprint density at radius 2 is 1.91 bits per heavy atom. The largest absolute Gasteiger partial charge is 0.467 e. The zero-order valence-corrected chi connectivity index (χ0v) is 13.4. The van der Waals surface area contributed by atoms with E-state index in [9.17, 15) is 5.11 Å². The van der Waals surface area contributed by atoms with Gasteiger partial charge in [0.15, 0.2) is 0 Å². The van der Waals surface area contributed by atoms with Gasteiger partial charge in [-0.25, -0.2) is 9.97 Å². The second-order valence-electron chi connectivity index (χ2n) is 6.12. The van der Waals surface area contributed by atoms with Crippen molar-refractivity contribution in [3.63, 3.8) is 0 Å². The van der Waals surface area contributed by atoms with Crippen LogP contribution in [-0.4, -0.2) is 46.3 Å². The van der Waals surface area contributed by atoms with Crippen molar-refractivity contribution in [2.75, 3.05) is 20.2 Å². The van der Waals surface area contributed by atoms with Crippen LogP contribution in [0.2, 0.25) is 0 Å². The van der Waals surface area contributed by atoms with E-state index in [4.69, 9.17) is 4.74 Å². The monoisotopic (exact) mass is 313 g/mol. The first-order valence-electron chi connectivity index (χ1n) is 8.04. The maximum absolute atomic E-state index is 10.5. The fourth-order valence-electron chi connectivity index (χ4n) is 3.13. The Kier molecular flexibility index (Phi) is 5.20. The molecule has 0 radical (unpaired) electrons. The van der Waals surface area contributed by atoms with Gasteiger partial charge in [-0.3, -0.25) is 4.90 Å². The lowest BCUT2D eigenvalue weighted by molar-refractivity contribution is 0.0187. The molecule has 5 nitrogen and oxygen atoms in total. The molecule has 1 aliphatic rings. The number of aliphatic hydroxyl groups excluding tert-OH is 1. The van der Waals surface area contributed by atoms with Crippen LogP contribution in [0.5, 0.6) is 6.01 Å². The smallest absolute Gasteiger partial charge is 0.316 e. The van der Waals surface area contributed by atoms with Gasteiger partial charge in [0.25, 0.3) is 0 Å². The summed E-state index contributed by atoms with van der Waals surface area (Å²) < 4.78 is 4.97. The Morgan fingerprint density at radius 1 is 1.17 bits per heavy atom. The molecular formula is C18H23N3O2. The second-order valence-corrected chi connectivity index (χ2v) is 6.12. The van der Waals surface area contributed by atoms with Crippen molar-refractivity contribution in [2.24, 2.45) is 5.92 Å². The fourth-order valence-corrected chi connectivity index (χ4v) is 3.13. The number of hydrogen-bond acceptors (Lipinski definition) is 5. The van der Waals surface area contributed by atoms with E-state index in [1.165, 1.54) is 5.56 Å². The molecule has 1 fully saturated rings. The standard InChI is InChI=1S/C18H23N3O2/c1-23-18-19-10-15(11-20-18)12-21-8-7-16(17(22)13-21)9-14-5-3-2-4-6-14/h2-6,10-11,16-17,22H,7-9,12-13H2,1H3/t16-,17-/m1/s1. The molecule has 0 amide bonds. The third-order valence-corrected chi connectivity index (χ3v) is 4.42. The molecular weight excluding hydrogens is 290 g/mol. The van der Waals surface area contributed by atoms with Crippen LogP contribution >= 0.6 is 0 Å². The first-order valence-corrected chi connectivity index (χ1v) is 8.04. The summed E-state index contributed by atoms with van der Waals surface area (Å²) in [4.78, 5) is 10.5. The maximum atomic E-state index is 10.5. The van der Waals surface area contributed by atoms with Crippen molar-refractivity contribution in [1.29, 1.82) is 0 Å². The highest BCUT2D eigenvalue weighted by molar-refractivity contribution is 5.16. The van der Waals surface area contributed by atoms with Crippen LogP contribution in [0.4, 0.5) is 0 Å². The fraction of sp³-hybridized carbons (Fsp3) is 0.444. The number of likely N-dealkylation sites (tertiary alicyclic amines) is 1. The SMILES string of the molecule is COc1ncc(CN2CC[C@H](Cc3ccccc3)[C@H](O)C2)cn1. The van der Waals surface area contributed by atoms with Gasteiger partial charge < -0.3 is 9.84 Å². The summed E-state index contributed by atoms with van der Waals surface area (Å²) in [5, 5.41) is 10.5. The summed E-state index contributed by atoms with van der Waals surface area (Å²) >= 11 is 0. The van der Waals surface area contributed by atoms with Crippen molar-refractivity contribution >= 4 is 0 Å². The molecule has 0 aliphatic carbocycles. The molecule has 1 aromatic carbocycles. The van der Waals surface area contributed by atoms with Crippen LogP contribution < -0.4 is 4.74 Å². The van der Waals surface area contributed by atoms with Crippen LogP contribution in [0.1, 0.15) is 17.5 Å². The molecule has 2 heterocycles. The van der Waals surface area contributed by atoms with Gasteiger partial charge in [0.2, 0.25) is 0 Å². The number of benzene rings is 1. The molecule has 1 saturated heterocycles. The van der Waals surface area contributed by atoms with E-state index in [0.29, 0.717) is 18.5 Å². The molecule has 1 N–H and O–H groups in total. The highest BCUT2D eigenvalue weighted by Crippen LogP contribution is 2.23. The minimum Gasteiger partial charge on any atom is -0.467 e. The summed E-state index contributed by atoms with van der Waals surface area (Å²) in [5.74, 6) is 0.334. The molecule has 1 aliphatic heterocycles. The predicted molar refractivity (Wildman–Crippen MR) is 88.1 cm³/mol. The summed E-state index contributed by atoms with van der Waals surface area (Å²) in [6.07, 6.45) is 5.24. The van der Waals surface area contributed by atoms with Gasteiger partial charge >= 0.3 is 6.01 Å². The van der Waals surface area contributed by atoms with Crippen molar-refractivity contribution in [1.82, 2.24) is 14.9 Å². The van der Waals surface area contributed by atoms with Crippen LogP contribution in [0.15, 0.2) is 42.7 Å². The zero-order chi connectivity index (χ0) is 16.1. The van der Waals surface area contributed by atoms with Crippen LogP contribution in [0.3, 0.4) is 0 Å². The molecule has 0 spiro atoms. The molecule has 0 bridgehead atoms. The molecule has 2 atom stereocenters. The first-order chi connectivity index (χ1) is 11.2. The van der Waals surface area contributed by atoms with Crippen molar-refractivity contribution < 1.29 is 9.84 Å². The zero-order valence-electron chi connectivity index (χ0n) is 13.4. The lowest BCUT2D eigenvalue weighted by Gasteiger charge is -2.36. The molecule has 5 heteroatoms. The average Bonchev–Trinajstić information content (AvgIpc) is 2.59. The molecule has 0 saturated carbocycles. The quantitative estimate of drug-likeness (QED) is 0.914. The number of aromatic nitrogens is 2. The molecule has 1 aromatic heterocycles. The minimum atomic E-state index is -0.289. The number of ether oxygens (including phenoxy) is 1. The average molecular weight is 313 g/mol. The summed E-state index contributed by atoms with van der Waals surface area (Å²) in [6.45, 7) is 2.45. The second kappa shape index (κ2) is 7.53. The third kappa shape index (κ3) is 4.27. The number of rotatable bonds is 5. The first kappa shape index (κ1) is 15.9. The highest BCUT2D eigenvalue weighted by atomic mass is 16.5.